The van der Waals surface area contributed by atoms with Crippen molar-refractivity contribution in [2.45, 2.75) is 39.2 Å². The Balaban J connectivity index is 1.68. The van der Waals surface area contributed by atoms with E-state index in [4.69, 9.17) is 4.98 Å². The average molecular weight is 565 g/mol. The predicted molar refractivity (Wildman–Crippen MR) is 172 cm³/mol. The molecule has 0 bridgehead atoms. The van der Waals surface area contributed by atoms with Crippen molar-refractivity contribution in [2.75, 3.05) is 0 Å². The molecule has 0 amide bonds. The number of aromatic nitrogens is 3. The van der Waals surface area contributed by atoms with Crippen LogP contribution in [-0.4, -0.2) is 14.5 Å². The minimum atomic E-state index is -0.724. The van der Waals surface area contributed by atoms with E-state index in [9.17, 15) is 4.39 Å². The van der Waals surface area contributed by atoms with Gasteiger partial charge in [-0.3, -0.25) is 4.98 Å². The molecule has 0 aliphatic rings. The summed E-state index contributed by atoms with van der Waals surface area (Å²) in [7, 11) is 0. The van der Waals surface area contributed by atoms with Gasteiger partial charge in [-0.15, -0.1) is 0 Å². The molecule has 6 rings (SSSR count). The van der Waals surface area contributed by atoms with Crippen LogP contribution < -0.4 is 0 Å². The highest BCUT2D eigenvalue weighted by Crippen LogP contribution is 2.44. The van der Waals surface area contributed by atoms with Crippen molar-refractivity contribution in [3.63, 3.8) is 0 Å². The molecule has 4 aromatic carbocycles. The summed E-state index contributed by atoms with van der Waals surface area (Å²) in [5.74, 6) is 0.450. The van der Waals surface area contributed by atoms with Crippen molar-refractivity contribution in [1.29, 1.82) is 0 Å². The molecule has 6 aromatic rings. The SMILES string of the molecule is CCC(C)(C)Cc1cn(C(c2ccccc2)(c2ccccc2)c2ccccc2)c(-c2[c]ccc(-c3ccc(F)cn3)c2)n1. The van der Waals surface area contributed by atoms with Gasteiger partial charge in [-0.2, -0.15) is 0 Å². The Kier molecular flexibility index (Phi) is 7.77. The second-order valence-electron chi connectivity index (χ2n) is 11.8. The van der Waals surface area contributed by atoms with Gasteiger partial charge < -0.3 is 4.57 Å². The van der Waals surface area contributed by atoms with Gasteiger partial charge in [0.1, 0.15) is 17.2 Å². The van der Waals surface area contributed by atoms with Crippen LogP contribution >= 0.6 is 0 Å². The van der Waals surface area contributed by atoms with Gasteiger partial charge in [0.25, 0.3) is 0 Å². The second kappa shape index (κ2) is 11.8. The van der Waals surface area contributed by atoms with Gasteiger partial charge in [-0.05, 0) is 52.8 Å². The molecule has 0 fully saturated rings. The summed E-state index contributed by atoms with van der Waals surface area (Å²) in [6.45, 7) is 6.81. The highest BCUT2D eigenvalue weighted by Gasteiger charge is 2.40. The first kappa shape index (κ1) is 28.3. The normalized spacial score (nSPS) is 11.9. The number of benzene rings is 4. The molecule has 4 heteroatoms. The minimum absolute atomic E-state index is 0.0783. The Bertz CT molecular complexity index is 1690. The summed E-state index contributed by atoms with van der Waals surface area (Å²) < 4.78 is 16.0. The fourth-order valence-corrected chi connectivity index (χ4v) is 5.83. The number of rotatable bonds is 9. The molecule has 0 unspecified atom stereocenters. The first-order valence-corrected chi connectivity index (χ1v) is 14.8. The van der Waals surface area contributed by atoms with Crippen LogP contribution in [0.4, 0.5) is 4.39 Å². The maximum absolute atomic E-state index is 13.7. The van der Waals surface area contributed by atoms with Crippen LogP contribution in [0.3, 0.4) is 0 Å². The van der Waals surface area contributed by atoms with Gasteiger partial charge in [-0.25, -0.2) is 9.37 Å². The fourth-order valence-electron chi connectivity index (χ4n) is 5.83. The number of hydrogen-bond donors (Lipinski definition) is 0. The molecule has 2 aromatic heterocycles. The molecular formula is C39H35FN3. The van der Waals surface area contributed by atoms with Crippen molar-refractivity contribution in [3.05, 3.63) is 168 Å². The van der Waals surface area contributed by atoms with Gasteiger partial charge in [0.05, 0.1) is 17.6 Å². The fraction of sp³-hybridized carbons (Fsp3) is 0.179. The third kappa shape index (κ3) is 5.53. The molecule has 3 nitrogen and oxygen atoms in total. The quantitative estimate of drug-likeness (QED) is 0.164. The molecule has 1 radical (unpaired) electrons. The van der Waals surface area contributed by atoms with Crippen LogP contribution in [0, 0.1) is 17.3 Å². The molecule has 0 spiro atoms. The number of nitrogens with zero attached hydrogens (tertiary/aromatic N) is 3. The van der Waals surface area contributed by atoms with Crippen molar-refractivity contribution in [1.82, 2.24) is 14.5 Å². The smallest absolute Gasteiger partial charge is 0.142 e. The predicted octanol–water partition coefficient (Wildman–Crippen LogP) is 9.37. The van der Waals surface area contributed by atoms with E-state index in [0.29, 0.717) is 5.69 Å². The standard InChI is InChI=1S/C39H35FN3/c1-4-38(2,3)26-35-28-43(37(42-35)30-16-14-15-29(25-30)36-24-23-34(40)27-41-36)39(31-17-8-5-9-18-31,32-19-10-6-11-20-32)33-21-12-7-13-22-33/h5-15,17-25,27-28H,4,26H2,1-3H3. The molecule has 0 aliphatic carbocycles. The van der Waals surface area contributed by atoms with Crippen molar-refractivity contribution >= 4 is 0 Å². The van der Waals surface area contributed by atoms with E-state index in [1.807, 2.05) is 12.1 Å². The second-order valence-corrected chi connectivity index (χ2v) is 11.8. The Labute approximate surface area is 253 Å². The largest absolute Gasteiger partial charge is 0.312 e. The summed E-state index contributed by atoms with van der Waals surface area (Å²) in [4.78, 5) is 9.70. The highest BCUT2D eigenvalue weighted by atomic mass is 19.1. The highest BCUT2D eigenvalue weighted by molar-refractivity contribution is 5.69. The molecule has 213 valence electrons. The Morgan fingerprint density at radius 2 is 1.35 bits per heavy atom. The van der Waals surface area contributed by atoms with Gasteiger partial charge in [0, 0.05) is 17.3 Å². The van der Waals surface area contributed by atoms with Crippen LogP contribution in [-0.2, 0) is 12.0 Å². The first-order chi connectivity index (χ1) is 20.9. The van der Waals surface area contributed by atoms with Crippen LogP contribution in [0.5, 0.6) is 0 Å². The third-order valence-electron chi connectivity index (χ3n) is 8.37. The molecular weight excluding hydrogens is 529 g/mol. The Morgan fingerprint density at radius 1 is 0.767 bits per heavy atom. The van der Waals surface area contributed by atoms with E-state index >= 15 is 0 Å². The molecule has 0 aliphatic heterocycles. The van der Waals surface area contributed by atoms with Gasteiger partial charge in [0.15, 0.2) is 0 Å². The van der Waals surface area contributed by atoms with Crippen LogP contribution in [0.15, 0.2) is 134 Å². The lowest BCUT2D eigenvalue weighted by molar-refractivity contribution is 0.345. The summed E-state index contributed by atoms with van der Waals surface area (Å²) in [6, 6.07) is 44.5. The summed E-state index contributed by atoms with van der Waals surface area (Å²) >= 11 is 0. The number of halogens is 1. The van der Waals surface area contributed by atoms with E-state index in [0.717, 1.165) is 52.2 Å². The Hall–Kier alpha value is -4.83. The Morgan fingerprint density at radius 3 is 1.86 bits per heavy atom. The number of pyridine rings is 1. The monoisotopic (exact) mass is 564 g/mol. The van der Waals surface area contributed by atoms with E-state index in [-0.39, 0.29) is 11.2 Å². The molecule has 0 N–H and O–H groups in total. The van der Waals surface area contributed by atoms with Gasteiger partial charge in [-0.1, -0.05) is 130 Å². The van der Waals surface area contributed by atoms with Crippen LogP contribution in [0.2, 0.25) is 0 Å². The summed E-state index contributed by atoms with van der Waals surface area (Å²) in [5, 5.41) is 0. The van der Waals surface area contributed by atoms with Gasteiger partial charge in [0.2, 0.25) is 0 Å². The van der Waals surface area contributed by atoms with Gasteiger partial charge >= 0.3 is 0 Å². The molecule has 2 heterocycles. The topological polar surface area (TPSA) is 30.7 Å². The van der Waals surface area contributed by atoms with Crippen LogP contribution in [0.1, 0.15) is 49.6 Å². The maximum Gasteiger partial charge on any atom is 0.142 e. The summed E-state index contributed by atoms with van der Waals surface area (Å²) in [6.07, 6.45) is 5.35. The zero-order valence-electron chi connectivity index (χ0n) is 24.8. The molecule has 0 saturated carbocycles. The van der Waals surface area contributed by atoms with E-state index in [1.165, 1.54) is 12.3 Å². The lowest BCUT2D eigenvalue weighted by atomic mass is 9.76. The number of imidazole rings is 1. The summed E-state index contributed by atoms with van der Waals surface area (Å²) in [5.41, 5.74) is 6.18. The van der Waals surface area contributed by atoms with Crippen molar-refractivity contribution in [3.8, 4) is 22.6 Å². The third-order valence-corrected chi connectivity index (χ3v) is 8.37. The average Bonchev–Trinajstić information content (AvgIpc) is 3.46. The van der Waals surface area contributed by atoms with E-state index in [1.54, 1.807) is 6.07 Å². The van der Waals surface area contributed by atoms with Crippen molar-refractivity contribution in [2.24, 2.45) is 5.41 Å². The molecule has 0 atom stereocenters. The van der Waals surface area contributed by atoms with Crippen molar-refractivity contribution < 1.29 is 4.39 Å². The zero-order chi connectivity index (χ0) is 29.9. The lowest BCUT2D eigenvalue weighted by Gasteiger charge is -2.38. The lowest BCUT2D eigenvalue weighted by Crippen LogP contribution is -2.38. The van der Waals surface area contributed by atoms with E-state index in [2.05, 4.69) is 140 Å². The maximum atomic E-state index is 13.7. The zero-order valence-corrected chi connectivity index (χ0v) is 24.8. The van der Waals surface area contributed by atoms with Crippen LogP contribution in [0.25, 0.3) is 22.6 Å². The minimum Gasteiger partial charge on any atom is -0.312 e. The number of hydrogen-bond acceptors (Lipinski definition) is 2. The van der Waals surface area contributed by atoms with E-state index < -0.39 is 5.54 Å². The molecule has 43 heavy (non-hydrogen) atoms. The first-order valence-electron chi connectivity index (χ1n) is 14.8. The molecule has 0 saturated heterocycles.